The number of methoxy groups -OCH3 is 1. The molecule has 0 N–H and O–H groups in total. The fourth-order valence-electron chi connectivity index (χ4n) is 0.396. The molecule has 0 aliphatic rings. The van der Waals surface area contributed by atoms with Crippen LogP contribution in [-0.2, 0) is 4.74 Å². The van der Waals surface area contributed by atoms with Gasteiger partial charge in [-0.25, -0.2) is 0 Å². The van der Waals surface area contributed by atoms with E-state index in [1.807, 2.05) is 0 Å². The van der Waals surface area contributed by atoms with Gasteiger partial charge in [0.25, 0.3) is 6.33 Å². The van der Waals surface area contributed by atoms with Crippen molar-refractivity contribution in [2.24, 2.45) is 0 Å². The average molecular weight is 143 g/mol. The predicted octanol–water partition coefficient (Wildman–Crippen LogP) is -1.45. The smallest absolute Gasteiger partial charge is 0.264 e. The second kappa shape index (κ2) is 3.78. The highest BCUT2D eigenvalue weighted by molar-refractivity contribution is 4.32. The Labute approximate surface area is 57.7 Å². The highest BCUT2D eigenvalue weighted by Gasteiger charge is 1.90. The van der Waals surface area contributed by atoms with Gasteiger partial charge < -0.3 is 9.57 Å². The molecule has 0 atom stereocenters. The number of hydrogen-bond acceptors (Lipinski definition) is 5. The normalized spacial score (nSPS) is 9.70. The summed E-state index contributed by atoms with van der Waals surface area (Å²) < 4.78 is 4.72. The molecule has 6 nitrogen and oxygen atoms in total. The Hall–Kier alpha value is -1.17. The lowest BCUT2D eigenvalue weighted by atomic mass is 10.8. The van der Waals surface area contributed by atoms with Crippen molar-refractivity contribution in [3.63, 3.8) is 0 Å². The molecule has 1 heterocycles. The van der Waals surface area contributed by atoms with Crippen molar-refractivity contribution in [1.82, 2.24) is 20.4 Å². The zero-order valence-corrected chi connectivity index (χ0v) is 5.52. The zero-order chi connectivity index (χ0) is 7.23. The first kappa shape index (κ1) is 6.94. The lowest BCUT2D eigenvalue weighted by molar-refractivity contribution is 0.0357. The Morgan fingerprint density at radius 2 is 2.40 bits per heavy atom. The van der Waals surface area contributed by atoms with E-state index in [0.29, 0.717) is 13.2 Å². The van der Waals surface area contributed by atoms with Crippen LogP contribution < -0.4 is 4.84 Å². The minimum absolute atomic E-state index is 0.415. The Morgan fingerprint density at radius 3 is 3.00 bits per heavy atom. The van der Waals surface area contributed by atoms with Crippen LogP contribution in [0.1, 0.15) is 0 Å². The Bertz CT molecular complexity index is 164. The maximum Gasteiger partial charge on any atom is 0.264 e. The summed E-state index contributed by atoms with van der Waals surface area (Å²) in [5.74, 6) is 0. The summed E-state index contributed by atoms with van der Waals surface area (Å²) in [5, 5.41) is 9.96. The quantitative estimate of drug-likeness (QED) is 0.482. The number of ether oxygens (including phenoxy) is 1. The third kappa shape index (κ3) is 1.98. The fraction of sp³-hybridized carbons (Fsp3) is 0.750. The molecular formula is C4H7N4O2. The van der Waals surface area contributed by atoms with E-state index in [4.69, 9.17) is 9.57 Å². The zero-order valence-electron chi connectivity index (χ0n) is 5.52. The number of tetrazole rings is 1. The van der Waals surface area contributed by atoms with Crippen LogP contribution >= 0.6 is 0 Å². The summed E-state index contributed by atoms with van der Waals surface area (Å²) in [5.41, 5.74) is 0. The number of nitrogens with zero attached hydrogens (tertiary/aromatic N) is 4. The van der Waals surface area contributed by atoms with E-state index in [1.165, 1.54) is 0 Å². The molecule has 0 bridgehead atoms. The SMILES string of the molecule is COCCOn1[c]nnn1. The van der Waals surface area contributed by atoms with Crippen LogP contribution in [0.4, 0.5) is 0 Å². The van der Waals surface area contributed by atoms with Crippen LogP contribution in [0.3, 0.4) is 0 Å². The second-order valence-corrected chi connectivity index (χ2v) is 1.48. The van der Waals surface area contributed by atoms with E-state index >= 15 is 0 Å². The van der Waals surface area contributed by atoms with Crippen LogP contribution in [0, 0.1) is 6.33 Å². The molecule has 1 rings (SSSR count). The molecule has 55 valence electrons. The molecular weight excluding hydrogens is 136 g/mol. The first-order chi connectivity index (χ1) is 4.93. The lowest BCUT2D eigenvalue weighted by Gasteiger charge is -1.99. The molecule has 0 fully saturated rings. The molecule has 1 aromatic heterocycles. The summed E-state index contributed by atoms with van der Waals surface area (Å²) in [6.45, 7) is 0.922. The molecule has 0 unspecified atom stereocenters. The highest BCUT2D eigenvalue weighted by atomic mass is 16.7. The molecule has 10 heavy (non-hydrogen) atoms. The van der Waals surface area contributed by atoms with Gasteiger partial charge in [-0.1, -0.05) is 4.85 Å². The topological polar surface area (TPSA) is 62.1 Å². The molecule has 0 aliphatic carbocycles. The van der Waals surface area contributed by atoms with E-state index in [1.54, 1.807) is 7.11 Å². The number of hydrogen-bond donors (Lipinski definition) is 0. The molecule has 0 amide bonds. The van der Waals surface area contributed by atoms with E-state index in [2.05, 4.69) is 21.9 Å². The number of rotatable bonds is 4. The van der Waals surface area contributed by atoms with Gasteiger partial charge in [-0.05, 0) is 10.4 Å². The molecule has 1 radical (unpaired) electrons. The van der Waals surface area contributed by atoms with Gasteiger partial charge in [0, 0.05) is 7.11 Å². The van der Waals surface area contributed by atoms with Crippen LogP contribution in [0.2, 0.25) is 0 Å². The molecule has 0 saturated carbocycles. The predicted molar refractivity (Wildman–Crippen MR) is 30.0 cm³/mol. The molecule has 1 aromatic rings. The fourth-order valence-corrected chi connectivity index (χ4v) is 0.396. The average Bonchev–Trinajstić information content (AvgIpc) is 2.41. The van der Waals surface area contributed by atoms with Gasteiger partial charge in [0.1, 0.15) is 6.61 Å². The van der Waals surface area contributed by atoms with E-state index in [-0.39, 0.29) is 0 Å². The van der Waals surface area contributed by atoms with Crippen molar-refractivity contribution in [2.45, 2.75) is 0 Å². The molecule has 0 aromatic carbocycles. The van der Waals surface area contributed by atoms with Gasteiger partial charge in [0.15, 0.2) is 0 Å². The maximum atomic E-state index is 4.89. The van der Waals surface area contributed by atoms with Gasteiger partial charge in [0.05, 0.1) is 6.61 Å². The van der Waals surface area contributed by atoms with Crippen molar-refractivity contribution in [3.05, 3.63) is 6.33 Å². The van der Waals surface area contributed by atoms with Gasteiger partial charge in [-0.15, -0.1) is 5.10 Å². The third-order valence-corrected chi connectivity index (χ3v) is 0.797. The highest BCUT2D eigenvalue weighted by Crippen LogP contribution is 1.70. The van der Waals surface area contributed by atoms with Crippen molar-refractivity contribution in [2.75, 3.05) is 20.3 Å². The largest absolute Gasteiger partial charge is 0.391 e. The summed E-state index contributed by atoms with van der Waals surface area (Å²) in [4.78, 5) is 5.94. The Balaban J connectivity index is 2.15. The van der Waals surface area contributed by atoms with Crippen molar-refractivity contribution in [3.8, 4) is 0 Å². The minimum Gasteiger partial charge on any atom is -0.391 e. The van der Waals surface area contributed by atoms with Crippen LogP contribution in [0.5, 0.6) is 0 Å². The third-order valence-electron chi connectivity index (χ3n) is 0.797. The monoisotopic (exact) mass is 143 g/mol. The van der Waals surface area contributed by atoms with Crippen LogP contribution in [-0.4, -0.2) is 40.7 Å². The number of aromatic nitrogens is 4. The summed E-state index contributed by atoms with van der Waals surface area (Å²) in [6, 6.07) is 0. The van der Waals surface area contributed by atoms with E-state index in [9.17, 15) is 0 Å². The Kier molecular flexibility index (Phi) is 2.62. The van der Waals surface area contributed by atoms with Gasteiger partial charge in [-0.3, -0.25) is 0 Å². The second-order valence-electron chi connectivity index (χ2n) is 1.48. The van der Waals surface area contributed by atoms with Gasteiger partial charge >= 0.3 is 0 Å². The van der Waals surface area contributed by atoms with Gasteiger partial charge in [0.2, 0.25) is 0 Å². The van der Waals surface area contributed by atoms with Crippen molar-refractivity contribution < 1.29 is 9.57 Å². The lowest BCUT2D eigenvalue weighted by Crippen LogP contribution is -2.16. The first-order valence-electron chi connectivity index (χ1n) is 2.72. The molecule has 0 aliphatic heterocycles. The van der Waals surface area contributed by atoms with Crippen LogP contribution in [0.25, 0.3) is 0 Å². The van der Waals surface area contributed by atoms with Crippen molar-refractivity contribution in [1.29, 1.82) is 0 Å². The summed E-state index contributed by atoms with van der Waals surface area (Å²) >= 11 is 0. The molecule has 0 saturated heterocycles. The van der Waals surface area contributed by atoms with Crippen LogP contribution in [0.15, 0.2) is 0 Å². The minimum atomic E-state index is 0.415. The van der Waals surface area contributed by atoms with Gasteiger partial charge in [-0.2, -0.15) is 0 Å². The molecule has 6 heteroatoms. The van der Waals surface area contributed by atoms with E-state index in [0.717, 1.165) is 4.85 Å². The summed E-state index contributed by atoms with van der Waals surface area (Å²) in [7, 11) is 1.59. The van der Waals surface area contributed by atoms with E-state index < -0.39 is 0 Å². The maximum absolute atomic E-state index is 4.89. The Morgan fingerprint density at radius 1 is 1.50 bits per heavy atom. The molecule has 0 spiro atoms. The van der Waals surface area contributed by atoms with Crippen molar-refractivity contribution >= 4 is 0 Å². The first-order valence-corrected chi connectivity index (χ1v) is 2.72. The summed E-state index contributed by atoms with van der Waals surface area (Å²) in [6.07, 6.45) is 2.36. The standard InChI is InChI=1S/C4H7N4O2/c1-9-2-3-10-8-4-5-6-7-8/h2-3H2,1H3.